The smallest absolute Gasteiger partial charge is 0.408 e. The summed E-state index contributed by atoms with van der Waals surface area (Å²) in [5, 5.41) is 21.9. The van der Waals surface area contributed by atoms with Crippen molar-refractivity contribution >= 4 is 12.0 Å². The van der Waals surface area contributed by atoms with Crippen LogP contribution in [0.1, 0.15) is 38.7 Å². The second kappa shape index (κ2) is 8.20. The van der Waals surface area contributed by atoms with Crippen molar-refractivity contribution in [1.29, 1.82) is 0 Å². The third-order valence-corrected chi connectivity index (χ3v) is 4.41. The summed E-state index contributed by atoms with van der Waals surface area (Å²) in [6, 6.07) is 6.10. The van der Waals surface area contributed by atoms with Gasteiger partial charge in [-0.1, -0.05) is 25.5 Å². The number of nitrogens with zero attached hydrogens (tertiary/aromatic N) is 1. The number of aliphatic hydroxyl groups is 1. The molecule has 138 valence electrons. The quantitative estimate of drug-likeness (QED) is 0.679. The first-order chi connectivity index (χ1) is 11.9. The standard InChI is InChI=1S/C18H26N2O5/c1-3-4-11-25-17(24)19-18(2,13-5-7-14(21)8-6-13)16(23)20-10-9-15(22)12-20/h5-8,15,21-22H,3-4,9-12H2,1-2H3,(H,19,24)/t15?,18-/m0/s1. The van der Waals surface area contributed by atoms with Crippen LogP contribution in [0.5, 0.6) is 5.75 Å². The number of amides is 2. The molecule has 7 nitrogen and oxygen atoms in total. The molecule has 1 aliphatic heterocycles. The third kappa shape index (κ3) is 4.63. The molecule has 2 rings (SSSR count). The summed E-state index contributed by atoms with van der Waals surface area (Å²) >= 11 is 0. The molecule has 1 aromatic rings. The maximum absolute atomic E-state index is 13.0. The van der Waals surface area contributed by atoms with Crippen LogP contribution in [0.15, 0.2) is 24.3 Å². The molecule has 1 saturated heterocycles. The number of carbonyl (C=O) groups excluding carboxylic acids is 2. The van der Waals surface area contributed by atoms with E-state index in [4.69, 9.17) is 4.74 Å². The number of β-amino-alcohol motifs (C(OH)–C–C–N with tert-alkyl or cyclic N) is 1. The van der Waals surface area contributed by atoms with Gasteiger partial charge in [-0.3, -0.25) is 4.79 Å². The van der Waals surface area contributed by atoms with E-state index in [1.54, 1.807) is 19.1 Å². The van der Waals surface area contributed by atoms with Crippen molar-refractivity contribution in [1.82, 2.24) is 10.2 Å². The molecule has 7 heteroatoms. The summed E-state index contributed by atoms with van der Waals surface area (Å²) in [6.45, 7) is 4.54. The number of aliphatic hydroxyl groups excluding tert-OH is 1. The van der Waals surface area contributed by atoms with Crippen molar-refractivity contribution in [3.63, 3.8) is 0 Å². The average molecular weight is 350 g/mol. The molecule has 0 radical (unpaired) electrons. The number of unbranched alkanes of at least 4 members (excludes halogenated alkanes) is 1. The number of hydrogen-bond acceptors (Lipinski definition) is 5. The third-order valence-electron chi connectivity index (χ3n) is 4.41. The fourth-order valence-corrected chi connectivity index (χ4v) is 2.84. The van der Waals surface area contributed by atoms with E-state index < -0.39 is 17.7 Å². The Hall–Kier alpha value is -2.28. The number of phenolic OH excluding ortho intramolecular Hbond substituents is 1. The summed E-state index contributed by atoms with van der Waals surface area (Å²) < 4.78 is 5.14. The number of rotatable bonds is 6. The van der Waals surface area contributed by atoms with Crippen LogP contribution >= 0.6 is 0 Å². The number of benzene rings is 1. The molecule has 1 fully saturated rings. The first-order valence-electron chi connectivity index (χ1n) is 8.58. The van der Waals surface area contributed by atoms with Gasteiger partial charge in [0.15, 0.2) is 0 Å². The fraction of sp³-hybridized carbons (Fsp3) is 0.556. The Balaban J connectivity index is 2.22. The lowest BCUT2D eigenvalue weighted by atomic mass is 9.90. The van der Waals surface area contributed by atoms with Gasteiger partial charge >= 0.3 is 6.09 Å². The second-order valence-electron chi connectivity index (χ2n) is 6.48. The van der Waals surface area contributed by atoms with E-state index in [9.17, 15) is 19.8 Å². The number of nitrogens with one attached hydrogen (secondary N) is 1. The van der Waals surface area contributed by atoms with Crippen molar-refractivity contribution in [2.24, 2.45) is 0 Å². The Morgan fingerprint density at radius 3 is 2.60 bits per heavy atom. The Bertz CT molecular complexity index is 604. The molecule has 2 amide bonds. The molecule has 1 heterocycles. The van der Waals surface area contributed by atoms with E-state index in [1.807, 2.05) is 6.92 Å². The van der Waals surface area contributed by atoms with Crippen molar-refractivity contribution in [3.05, 3.63) is 29.8 Å². The van der Waals surface area contributed by atoms with Gasteiger partial charge in [-0.2, -0.15) is 0 Å². The zero-order chi connectivity index (χ0) is 18.4. The van der Waals surface area contributed by atoms with Crippen LogP contribution in [-0.4, -0.2) is 52.9 Å². The van der Waals surface area contributed by atoms with Crippen molar-refractivity contribution in [3.8, 4) is 5.75 Å². The van der Waals surface area contributed by atoms with Crippen LogP contribution in [0.2, 0.25) is 0 Å². The van der Waals surface area contributed by atoms with Crippen molar-refractivity contribution < 1.29 is 24.5 Å². The van der Waals surface area contributed by atoms with Gasteiger partial charge in [-0.15, -0.1) is 0 Å². The number of alkyl carbamates (subject to hydrolysis) is 1. The van der Waals surface area contributed by atoms with Crippen LogP contribution < -0.4 is 5.32 Å². The minimum Gasteiger partial charge on any atom is -0.508 e. The molecular weight excluding hydrogens is 324 g/mol. The summed E-state index contributed by atoms with van der Waals surface area (Å²) in [4.78, 5) is 26.7. The van der Waals surface area contributed by atoms with Gasteiger partial charge in [0.1, 0.15) is 11.3 Å². The van der Waals surface area contributed by atoms with Gasteiger partial charge in [0, 0.05) is 13.1 Å². The minimum absolute atomic E-state index is 0.0701. The topological polar surface area (TPSA) is 99.1 Å². The van der Waals surface area contributed by atoms with E-state index in [1.165, 1.54) is 17.0 Å². The molecular formula is C18H26N2O5. The molecule has 0 saturated carbocycles. The minimum atomic E-state index is -1.35. The van der Waals surface area contributed by atoms with Crippen LogP contribution in [0, 0.1) is 0 Å². The van der Waals surface area contributed by atoms with Crippen LogP contribution in [0.25, 0.3) is 0 Å². The molecule has 0 spiro atoms. The van der Waals surface area contributed by atoms with Crippen LogP contribution in [0.3, 0.4) is 0 Å². The maximum atomic E-state index is 13.0. The first kappa shape index (κ1) is 19.1. The zero-order valence-corrected chi connectivity index (χ0v) is 14.7. The van der Waals surface area contributed by atoms with E-state index in [2.05, 4.69) is 5.32 Å². The molecule has 3 N–H and O–H groups in total. The zero-order valence-electron chi connectivity index (χ0n) is 14.7. The van der Waals surface area contributed by atoms with E-state index in [-0.39, 0.29) is 24.8 Å². The molecule has 1 aromatic carbocycles. The van der Waals surface area contributed by atoms with Gasteiger partial charge in [-0.05, 0) is 37.5 Å². The molecule has 0 bridgehead atoms. The SMILES string of the molecule is CCCCOC(=O)N[C@](C)(C(=O)N1CCC(O)C1)c1ccc(O)cc1. The van der Waals surface area contributed by atoms with Gasteiger partial charge in [0.25, 0.3) is 5.91 Å². The number of ether oxygens (including phenoxy) is 1. The second-order valence-corrected chi connectivity index (χ2v) is 6.48. The molecule has 1 unspecified atom stereocenters. The van der Waals surface area contributed by atoms with Gasteiger partial charge in [0.05, 0.1) is 12.7 Å². The lowest BCUT2D eigenvalue weighted by Crippen LogP contribution is -2.55. The van der Waals surface area contributed by atoms with Gasteiger partial charge in [-0.25, -0.2) is 4.79 Å². The highest BCUT2D eigenvalue weighted by molar-refractivity contribution is 5.91. The average Bonchev–Trinajstić information content (AvgIpc) is 3.01. The Morgan fingerprint density at radius 1 is 1.36 bits per heavy atom. The lowest BCUT2D eigenvalue weighted by Gasteiger charge is -2.33. The van der Waals surface area contributed by atoms with Crippen LogP contribution in [0.4, 0.5) is 4.79 Å². The first-order valence-corrected chi connectivity index (χ1v) is 8.58. The summed E-state index contributed by atoms with van der Waals surface area (Å²) in [5.74, 6) is -0.247. The highest BCUT2D eigenvalue weighted by atomic mass is 16.5. The Morgan fingerprint density at radius 2 is 2.04 bits per heavy atom. The van der Waals surface area contributed by atoms with E-state index in [0.717, 1.165) is 12.8 Å². The Kier molecular flexibility index (Phi) is 6.25. The highest BCUT2D eigenvalue weighted by Crippen LogP contribution is 2.27. The number of phenols is 1. The summed E-state index contributed by atoms with van der Waals surface area (Å²) in [5.41, 5.74) is -0.815. The number of carbonyl (C=O) groups is 2. The fourth-order valence-electron chi connectivity index (χ4n) is 2.84. The molecule has 1 aliphatic rings. The summed E-state index contributed by atoms with van der Waals surface area (Å²) in [7, 11) is 0. The van der Waals surface area contributed by atoms with Gasteiger partial charge in [0.2, 0.25) is 0 Å². The van der Waals surface area contributed by atoms with Gasteiger partial charge < -0.3 is 25.2 Å². The molecule has 0 aliphatic carbocycles. The predicted octanol–water partition coefficient (Wildman–Crippen LogP) is 1.73. The molecule has 2 atom stereocenters. The number of likely N-dealkylation sites (tertiary alicyclic amines) is 1. The lowest BCUT2D eigenvalue weighted by molar-refractivity contribution is -0.137. The predicted molar refractivity (Wildman–Crippen MR) is 92.1 cm³/mol. The van der Waals surface area contributed by atoms with Crippen molar-refractivity contribution in [2.75, 3.05) is 19.7 Å². The maximum Gasteiger partial charge on any atom is 0.408 e. The van der Waals surface area contributed by atoms with Crippen molar-refractivity contribution in [2.45, 2.75) is 44.8 Å². The largest absolute Gasteiger partial charge is 0.508 e. The monoisotopic (exact) mass is 350 g/mol. The van der Waals surface area contributed by atoms with E-state index >= 15 is 0 Å². The highest BCUT2D eigenvalue weighted by Gasteiger charge is 2.42. The summed E-state index contributed by atoms with van der Waals surface area (Å²) in [6.07, 6.45) is 0.933. The van der Waals surface area contributed by atoms with Crippen LogP contribution in [-0.2, 0) is 15.1 Å². The molecule has 25 heavy (non-hydrogen) atoms. The van der Waals surface area contributed by atoms with E-state index in [0.29, 0.717) is 18.5 Å². The number of aromatic hydroxyl groups is 1. The Labute approximate surface area is 147 Å². The normalized spacial score (nSPS) is 19.3. The number of hydrogen-bond donors (Lipinski definition) is 3. The molecule has 0 aromatic heterocycles.